The molecule has 2 N–H and O–H groups in total. The van der Waals surface area contributed by atoms with E-state index in [-0.39, 0.29) is 12.7 Å². The summed E-state index contributed by atoms with van der Waals surface area (Å²) in [6.07, 6.45) is 4.91. The average molecular weight is 236 g/mol. The van der Waals surface area contributed by atoms with Crippen molar-refractivity contribution in [2.24, 2.45) is 17.3 Å². The van der Waals surface area contributed by atoms with Crippen LogP contribution < -0.4 is 0 Å². The van der Waals surface area contributed by atoms with Crippen molar-refractivity contribution >= 4 is 0 Å². The first-order valence-electron chi connectivity index (χ1n) is 6.63. The van der Waals surface area contributed by atoms with Crippen LogP contribution in [0.2, 0.25) is 0 Å². The lowest BCUT2D eigenvalue weighted by molar-refractivity contribution is 0.0303. The minimum atomic E-state index is -0.325. The van der Waals surface area contributed by atoms with Gasteiger partial charge in [-0.3, -0.25) is 0 Å². The molecule has 17 heavy (non-hydrogen) atoms. The Hall–Kier alpha value is -0.600. The van der Waals surface area contributed by atoms with E-state index >= 15 is 0 Å². The van der Waals surface area contributed by atoms with Crippen molar-refractivity contribution in [2.75, 3.05) is 6.61 Å². The fourth-order valence-corrected chi connectivity index (χ4v) is 3.65. The highest BCUT2D eigenvalue weighted by Crippen LogP contribution is 2.54. The van der Waals surface area contributed by atoms with Gasteiger partial charge >= 0.3 is 0 Å². The van der Waals surface area contributed by atoms with Crippen molar-refractivity contribution in [1.82, 2.24) is 0 Å². The molecule has 96 valence electrons. The van der Waals surface area contributed by atoms with Gasteiger partial charge in [0.15, 0.2) is 0 Å². The predicted molar refractivity (Wildman–Crippen MR) is 69.5 cm³/mol. The summed E-state index contributed by atoms with van der Waals surface area (Å²) in [7, 11) is 0. The third kappa shape index (κ3) is 2.21. The third-order valence-electron chi connectivity index (χ3n) is 5.07. The van der Waals surface area contributed by atoms with Gasteiger partial charge in [-0.25, -0.2) is 0 Å². The van der Waals surface area contributed by atoms with Crippen LogP contribution in [-0.4, -0.2) is 22.9 Å². The summed E-state index contributed by atoms with van der Waals surface area (Å²) in [6.45, 7) is 10.5. The smallest absolute Gasteiger partial charge is 0.0750 e. The lowest BCUT2D eigenvalue weighted by Crippen LogP contribution is -2.42. The number of rotatable bonds is 2. The van der Waals surface area contributed by atoms with E-state index in [2.05, 4.69) is 20.1 Å². The van der Waals surface area contributed by atoms with Crippen LogP contribution in [0.4, 0.5) is 0 Å². The van der Waals surface area contributed by atoms with Crippen molar-refractivity contribution in [2.45, 2.75) is 45.1 Å². The van der Waals surface area contributed by atoms with Crippen molar-refractivity contribution in [3.05, 3.63) is 24.3 Å². The molecule has 0 bridgehead atoms. The fourth-order valence-electron chi connectivity index (χ4n) is 3.65. The molecule has 0 amide bonds. The topological polar surface area (TPSA) is 40.5 Å². The predicted octanol–water partition coefficient (Wildman–Crippen LogP) is 2.67. The molecule has 0 aromatic rings. The minimum Gasteiger partial charge on any atom is -0.392 e. The van der Waals surface area contributed by atoms with Crippen molar-refractivity contribution in [3.8, 4) is 0 Å². The molecule has 0 heterocycles. The molecular formula is C15H24O2. The highest BCUT2D eigenvalue weighted by atomic mass is 16.3. The van der Waals surface area contributed by atoms with Crippen LogP contribution in [0.25, 0.3) is 0 Å². The molecule has 2 aliphatic carbocycles. The first-order valence-corrected chi connectivity index (χ1v) is 6.63. The van der Waals surface area contributed by atoms with Crippen LogP contribution in [0.15, 0.2) is 24.3 Å². The minimum absolute atomic E-state index is 0.0864. The standard InChI is InChI=1S/C15H24O2/c1-10(9-16)12-4-6-15(3)7-5-14(17)11(2)13(15)8-12/h12-14,16-17H,1-2,4-9H2,3H3/t12-,13+,14-,15+/m1/s1. The van der Waals surface area contributed by atoms with Crippen LogP contribution in [0.1, 0.15) is 39.0 Å². The highest BCUT2D eigenvalue weighted by molar-refractivity contribution is 5.19. The number of aliphatic hydroxyl groups is 2. The van der Waals surface area contributed by atoms with E-state index in [4.69, 9.17) is 0 Å². The number of hydrogen-bond donors (Lipinski definition) is 2. The molecule has 0 radical (unpaired) electrons. The van der Waals surface area contributed by atoms with Gasteiger partial charge in [0, 0.05) is 0 Å². The van der Waals surface area contributed by atoms with Crippen LogP contribution in [0, 0.1) is 17.3 Å². The molecule has 2 heteroatoms. The maximum atomic E-state index is 9.94. The van der Waals surface area contributed by atoms with E-state index < -0.39 is 0 Å². The quantitative estimate of drug-likeness (QED) is 0.724. The second-order valence-electron chi connectivity index (χ2n) is 6.12. The largest absolute Gasteiger partial charge is 0.392 e. The van der Waals surface area contributed by atoms with E-state index in [1.807, 2.05) is 0 Å². The zero-order valence-corrected chi connectivity index (χ0v) is 10.8. The molecule has 2 saturated carbocycles. The first kappa shape index (κ1) is 12.8. The Morgan fingerprint density at radius 2 is 2.06 bits per heavy atom. The van der Waals surface area contributed by atoms with Gasteiger partial charge in [-0.1, -0.05) is 20.1 Å². The molecule has 0 aromatic heterocycles. The second-order valence-corrected chi connectivity index (χ2v) is 6.12. The van der Waals surface area contributed by atoms with Gasteiger partial charge in [0.1, 0.15) is 0 Å². The number of aliphatic hydroxyl groups excluding tert-OH is 2. The lowest BCUT2D eigenvalue weighted by Gasteiger charge is -2.50. The molecule has 4 atom stereocenters. The van der Waals surface area contributed by atoms with Crippen LogP contribution >= 0.6 is 0 Å². The summed E-state index contributed by atoms with van der Waals surface area (Å²) in [5.41, 5.74) is 2.26. The molecule has 0 unspecified atom stereocenters. The highest BCUT2D eigenvalue weighted by Gasteiger charge is 2.45. The number of fused-ring (bicyclic) bond motifs is 1. The van der Waals surface area contributed by atoms with Gasteiger partial charge in [-0.05, 0) is 60.5 Å². The Bertz CT molecular complexity index is 334. The zero-order valence-electron chi connectivity index (χ0n) is 10.8. The van der Waals surface area contributed by atoms with Gasteiger partial charge < -0.3 is 10.2 Å². The van der Waals surface area contributed by atoms with Crippen molar-refractivity contribution in [1.29, 1.82) is 0 Å². The SMILES string of the molecule is C=C(CO)[C@@H]1CC[C@@]2(C)CC[C@@H](O)C(=C)[C@@H]2C1. The van der Waals surface area contributed by atoms with Gasteiger partial charge in [-0.15, -0.1) is 0 Å². The van der Waals surface area contributed by atoms with Gasteiger partial charge in [-0.2, -0.15) is 0 Å². The van der Waals surface area contributed by atoms with E-state index in [0.717, 1.165) is 43.3 Å². The summed E-state index contributed by atoms with van der Waals surface area (Å²) in [5.74, 6) is 0.799. The zero-order chi connectivity index (χ0) is 12.6. The molecule has 0 saturated heterocycles. The molecular weight excluding hydrogens is 212 g/mol. The van der Waals surface area contributed by atoms with Crippen LogP contribution in [0.5, 0.6) is 0 Å². The average Bonchev–Trinajstić information content (AvgIpc) is 2.33. The molecule has 2 rings (SSSR count). The Balaban J connectivity index is 2.15. The molecule has 2 aliphatic rings. The number of hydrogen-bond acceptors (Lipinski definition) is 2. The van der Waals surface area contributed by atoms with E-state index in [1.165, 1.54) is 0 Å². The Morgan fingerprint density at radius 3 is 2.71 bits per heavy atom. The lowest BCUT2D eigenvalue weighted by atomic mass is 9.56. The monoisotopic (exact) mass is 236 g/mol. The van der Waals surface area contributed by atoms with E-state index in [1.54, 1.807) is 0 Å². The second kappa shape index (κ2) is 4.58. The summed E-state index contributed by atoms with van der Waals surface area (Å²) < 4.78 is 0. The molecule has 2 nitrogen and oxygen atoms in total. The van der Waals surface area contributed by atoms with Gasteiger partial charge in [0.2, 0.25) is 0 Å². The summed E-state index contributed by atoms with van der Waals surface area (Å²) in [4.78, 5) is 0. The molecule has 0 aromatic carbocycles. The Kier molecular flexibility index (Phi) is 3.46. The van der Waals surface area contributed by atoms with E-state index in [9.17, 15) is 10.2 Å². The Morgan fingerprint density at radius 1 is 1.41 bits per heavy atom. The third-order valence-corrected chi connectivity index (χ3v) is 5.07. The maximum absolute atomic E-state index is 9.94. The summed E-state index contributed by atoms with van der Waals surface area (Å²) >= 11 is 0. The van der Waals surface area contributed by atoms with Gasteiger partial charge in [0.05, 0.1) is 12.7 Å². The Labute approximate surface area is 104 Å². The van der Waals surface area contributed by atoms with Crippen molar-refractivity contribution < 1.29 is 10.2 Å². The normalized spacial score (nSPS) is 42.1. The fraction of sp³-hybridized carbons (Fsp3) is 0.733. The van der Waals surface area contributed by atoms with E-state index in [0.29, 0.717) is 17.3 Å². The van der Waals surface area contributed by atoms with Crippen LogP contribution in [-0.2, 0) is 0 Å². The first-order chi connectivity index (χ1) is 7.98. The summed E-state index contributed by atoms with van der Waals surface area (Å²) in [6, 6.07) is 0. The molecule has 0 spiro atoms. The molecule has 2 fully saturated rings. The van der Waals surface area contributed by atoms with Crippen molar-refractivity contribution in [3.63, 3.8) is 0 Å². The molecule has 0 aliphatic heterocycles. The van der Waals surface area contributed by atoms with Gasteiger partial charge in [0.25, 0.3) is 0 Å². The van der Waals surface area contributed by atoms with Crippen LogP contribution in [0.3, 0.4) is 0 Å². The maximum Gasteiger partial charge on any atom is 0.0750 e. The summed E-state index contributed by atoms with van der Waals surface area (Å²) in [5, 5.41) is 19.1.